The third-order valence-corrected chi connectivity index (χ3v) is 3.73. The molecular weight excluding hydrogens is 163 g/mol. The number of fused-ring (bicyclic) bond motifs is 2. The van der Waals surface area contributed by atoms with Gasteiger partial charge in [-0.25, -0.2) is 0 Å². The van der Waals surface area contributed by atoms with Crippen molar-refractivity contribution in [2.24, 2.45) is 11.8 Å². The number of esters is 1. The highest BCUT2D eigenvalue weighted by molar-refractivity contribution is 6.18. The van der Waals surface area contributed by atoms with E-state index in [2.05, 4.69) is 6.92 Å². The minimum Gasteiger partial charge on any atom is -0.460 e. The molecule has 2 rings (SSSR count). The zero-order valence-corrected chi connectivity index (χ0v) is 8.51. The van der Waals surface area contributed by atoms with Gasteiger partial charge in [0, 0.05) is 6.32 Å². The fraction of sp³-hybridized carbons (Fsp3) is 0.900. The molecule has 2 fully saturated rings. The molecule has 2 nitrogen and oxygen atoms in total. The molecule has 0 amide bonds. The standard InChI is InChI=1S/C10H17BO2/c1-10(13-9(12)6-11)5-7-2-3-8(10)4-7/h7-8H,2-6,11H2,1H3. The van der Waals surface area contributed by atoms with Gasteiger partial charge in [-0.15, -0.1) is 0 Å². The lowest BCUT2D eigenvalue weighted by atomic mass is 9.85. The van der Waals surface area contributed by atoms with Crippen LogP contribution in [-0.2, 0) is 9.53 Å². The lowest BCUT2D eigenvalue weighted by molar-refractivity contribution is -0.160. The van der Waals surface area contributed by atoms with Crippen LogP contribution in [0.15, 0.2) is 0 Å². The first-order valence-electron chi connectivity index (χ1n) is 5.36. The van der Waals surface area contributed by atoms with Crippen LogP contribution >= 0.6 is 0 Å². The third kappa shape index (κ3) is 1.49. The van der Waals surface area contributed by atoms with Crippen molar-refractivity contribution in [2.45, 2.75) is 44.5 Å². The van der Waals surface area contributed by atoms with Crippen molar-refractivity contribution in [3.63, 3.8) is 0 Å². The first-order chi connectivity index (χ1) is 6.14. The zero-order chi connectivity index (χ0) is 9.47. The average Bonchev–Trinajstić information content (AvgIpc) is 2.62. The first kappa shape index (κ1) is 9.10. The second kappa shape index (κ2) is 3.04. The second-order valence-corrected chi connectivity index (χ2v) is 4.72. The molecule has 2 saturated carbocycles. The molecule has 13 heavy (non-hydrogen) atoms. The van der Waals surface area contributed by atoms with E-state index in [1.165, 1.54) is 19.3 Å². The van der Waals surface area contributed by atoms with Gasteiger partial charge in [0.05, 0.1) is 0 Å². The van der Waals surface area contributed by atoms with E-state index in [9.17, 15) is 4.79 Å². The van der Waals surface area contributed by atoms with Gasteiger partial charge in [-0.1, -0.05) is 0 Å². The molecule has 2 aliphatic carbocycles. The van der Waals surface area contributed by atoms with Crippen molar-refractivity contribution < 1.29 is 9.53 Å². The van der Waals surface area contributed by atoms with Crippen molar-refractivity contribution in [1.29, 1.82) is 0 Å². The van der Waals surface area contributed by atoms with Crippen LogP contribution in [-0.4, -0.2) is 19.4 Å². The van der Waals surface area contributed by atoms with E-state index in [0.717, 1.165) is 12.3 Å². The molecule has 3 unspecified atom stereocenters. The van der Waals surface area contributed by atoms with E-state index in [-0.39, 0.29) is 11.6 Å². The summed E-state index contributed by atoms with van der Waals surface area (Å²) < 4.78 is 5.54. The molecule has 2 aliphatic rings. The van der Waals surface area contributed by atoms with Gasteiger partial charge in [0.2, 0.25) is 0 Å². The maximum absolute atomic E-state index is 11.2. The fourth-order valence-corrected chi connectivity index (χ4v) is 3.01. The molecule has 0 aromatic carbocycles. The van der Waals surface area contributed by atoms with Gasteiger partial charge in [0.1, 0.15) is 13.4 Å². The first-order valence-corrected chi connectivity index (χ1v) is 5.36. The molecule has 0 saturated heterocycles. The van der Waals surface area contributed by atoms with E-state index >= 15 is 0 Å². The van der Waals surface area contributed by atoms with Crippen molar-refractivity contribution in [1.82, 2.24) is 0 Å². The highest BCUT2D eigenvalue weighted by Crippen LogP contribution is 2.52. The smallest absolute Gasteiger partial charge is 0.298 e. The molecule has 0 radical (unpaired) electrons. The van der Waals surface area contributed by atoms with Gasteiger partial charge < -0.3 is 4.74 Å². The highest BCUT2D eigenvalue weighted by atomic mass is 16.6. The molecule has 0 aromatic heterocycles. The summed E-state index contributed by atoms with van der Waals surface area (Å²) >= 11 is 0. The van der Waals surface area contributed by atoms with Gasteiger partial charge in [0.25, 0.3) is 5.97 Å². The molecule has 0 heterocycles. The maximum atomic E-state index is 11.2. The summed E-state index contributed by atoms with van der Waals surface area (Å²) in [6, 6.07) is 0. The molecule has 0 aliphatic heterocycles. The summed E-state index contributed by atoms with van der Waals surface area (Å²) in [7, 11) is 1.86. The van der Waals surface area contributed by atoms with Crippen LogP contribution in [0.25, 0.3) is 0 Å². The molecule has 2 bridgehead atoms. The largest absolute Gasteiger partial charge is 0.460 e. The Morgan fingerprint density at radius 3 is 2.85 bits per heavy atom. The van der Waals surface area contributed by atoms with E-state index in [4.69, 9.17) is 4.74 Å². The highest BCUT2D eigenvalue weighted by Gasteiger charge is 2.50. The molecule has 3 heteroatoms. The van der Waals surface area contributed by atoms with Crippen molar-refractivity contribution in [2.75, 3.05) is 0 Å². The minimum absolute atomic E-state index is 0.0324. The summed E-state index contributed by atoms with van der Waals surface area (Å²) in [5.41, 5.74) is -0.115. The van der Waals surface area contributed by atoms with E-state index in [0.29, 0.717) is 12.2 Å². The monoisotopic (exact) mass is 180 g/mol. The molecule has 72 valence electrons. The van der Waals surface area contributed by atoms with Crippen molar-refractivity contribution >= 4 is 13.8 Å². The number of hydrogen-bond donors (Lipinski definition) is 0. The van der Waals surface area contributed by atoms with Crippen LogP contribution in [0.1, 0.15) is 32.6 Å². The lowest BCUT2D eigenvalue weighted by Gasteiger charge is -2.33. The summed E-state index contributed by atoms with van der Waals surface area (Å²) in [6.07, 6.45) is 5.51. The Kier molecular flexibility index (Phi) is 2.13. The number of ether oxygens (including phenoxy) is 1. The van der Waals surface area contributed by atoms with E-state index in [1.807, 2.05) is 7.85 Å². The normalized spacial score (nSPS) is 42.2. The van der Waals surface area contributed by atoms with Crippen LogP contribution in [0.3, 0.4) is 0 Å². The summed E-state index contributed by atoms with van der Waals surface area (Å²) in [5, 5.41) is 0. The fourth-order valence-electron chi connectivity index (χ4n) is 3.01. The zero-order valence-electron chi connectivity index (χ0n) is 8.51. The molecular formula is C10H17BO2. The average molecular weight is 180 g/mol. The van der Waals surface area contributed by atoms with Crippen molar-refractivity contribution in [3.8, 4) is 0 Å². The second-order valence-electron chi connectivity index (χ2n) is 4.72. The van der Waals surface area contributed by atoms with Gasteiger partial charge in [-0.3, -0.25) is 4.79 Å². The Balaban J connectivity index is 2.01. The van der Waals surface area contributed by atoms with Gasteiger partial charge in [-0.05, 0) is 44.4 Å². The number of hydrogen-bond acceptors (Lipinski definition) is 2. The minimum atomic E-state index is -0.115. The predicted molar refractivity (Wildman–Crippen MR) is 53.3 cm³/mol. The Bertz CT molecular complexity index is 229. The van der Waals surface area contributed by atoms with E-state index in [1.54, 1.807) is 0 Å². The van der Waals surface area contributed by atoms with Crippen LogP contribution in [0.2, 0.25) is 6.32 Å². The molecule has 3 atom stereocenters. The molecule has 0 aromatic rings. The van der Waals surface area contributed by atoms with Crippen LogP contribution in [0.5, 0.6) is 0 Å². The SMILES string of the molecule is BCC(=O)OC1(C)CC2CCC1C2. The predicted octanol–water partition coefficient (Wildman–Crippen LogP) is 1.16. The molecule has 0 N–H and O–H groups in total. The topological polar surface area (TPSA) is 26.3 Å². The maximum Gasteiger partial charge on any atom is 0.298 e. The van der Waals surface area contributed by atoms with Gasteiger partial charge in [-0.2, -0.15) is 0 Å². The lowest BCUT2D eigenvalue weighted by Crippen LogP contribution is -2.37. The Morgan fingerprint density at radius 1 is 1.62 bits per heavy atom. The number of carbonyl (C=O) groups excluding carboxylic acids is 1. The Morgan fingerprint density at radius 2 is 2.38 bits per heavy atom. The summed E-state index contributed by atoms with van der Waals surface area (Å²) in [4.78, 5) is 11.2. The van der Waals surface area contributed by atoms with Gasteiger partial charge in [0.15, 0.2) is 0 Å². The van der Waals surface area contributed by atoms with Crippen LogP contribution in [0, 0.1) is 11.8 Å². The van der Waals surface area contributed by atoms with Crippen molar-refractivity contribution in [3.05, 3.63) is 0 Å². The Labute approximate surface area is 80.4 Å². The summed E-state index contributed by atoms with van der Waals surface area (Å²) in [5.74, 6) is 1.45. The quantitative estimate of drug-likeness (QED) is 0.470. The molecule has 0 spiro atoms. The third-order valence-electron chi connectivity index (χ3n) is 3.73. The van der Waals surface area contributed by atoms with E-state index < -0.39 is 0 Å². The van der Waals surface area contributed by atoms with Gasteiger partial charge >= 0.3 is 0 Å². The number of rotatable bonds is 2. The van der Waals surface area contributed by atoms with Crippen LogP contribution < -0.4 is 0 Å². The number of carbonyl (C=O) groups is 1. The Hall–Kier alpha value is -0.465. The van der Waals surface area contributed by atoms with Crippen LogP contribution in [0.4, 0.5) is 0 Å². The summed E-state index contributed by atoms with van der Waals surface area (Å²) in [6.45, 7) is 2.12.